The summed E-state index contributed by atoms with van der Waals surface area (Å²) in [6, 6.07) is 0. The first-order valence-corrected chi connectivity index (χ1v) is 6.17. The minimum absolute atomic E-state index is 0.592. The molecule has 1 aromatic rings. The van der Waals surface area contributed by atoms with Crippen molar-refractivity contribution >= 4 is 17.0 Å². The van der Waals surface area contributed by atoms with Crippen LogP contribution in [-0.2, 0) is 9.22 Å². The monoisotopic (exact) mass is 215 g/mol. The van der Waals surface area contributed by atoms with Crippen LogP contribution in [0.25, 0.3) is 0 Å². The number of nitrogens with zero attached hydrogens (tertiary/aromatic N) is 2. The molecule has 1 saturated heterocycles. The van der Waals surface area contributed by atoms with Gasteiger partial charge in [-0.2, -0.15) is 9.43 Å². The minimum atomic E-state index is -0.729. The summed E-state index contributed by atoms with van der Waals surface area (Å²) in [6.45, 7) is 0.657. The van der Waals surface area contributed by atoms with Crippen LogP contribution in [-0.4, -0.2) is 21.5 Å². The number of hydrogen-bond donors (Lipinski definition) is 2. The molecule has 1 aromatic heterocycles. The zero-order chi connectivity index (χ0) is 9.54. The van der Waals surface area contributed by atoms with Crippen molar-refractivity contribution in [3.8, 4) is 0 Å². The van der Waals surface area contributed by atoms with Gasteiger partial charge in [0, 0.05) is 11.7 Å². The topological polar surface area (TPSA) is 62.3 Å². The van der Waals surface area contributed by atoms with E-state index in [4.69, 9.17) is 15.0 Å². The van der Waals surface area contributed by atoms with Crippen LogP contribution in [0.1, 0.15) is 24.5 Å². The summed E-state index contributed by atoms with van der Waals surface area (Å²) in [7, 11) is 0. The van der Waals surface area contributed by atoms with Crippen LogP contribution in [0.4, 0.5) is 5.69 Å². The number of anilines is 1. The Kier molecular flexibility index (Phi) is 1.93. The van der Waals surface area contributed by atoms with Gasteiger partial charge in [0.25, 0.3) is 0 Å². The van der Waals surface area contributed by atoms with E-state index < -0.39 is 11.4 Å². The lowest BCUT2D eigenvalue weighted by Crippen LogP contribution is -1.98. The number of hydrogen-bond acceptors (Lipinski definition) is 4. The predicted octanol–water partition coefficient (Wildman–Crippen LogP) is 0.984. The molecule has 3 rings (SSSR count). The predicted molar refractivity (Wildman–Crippen MR) is 54.9 cm³/mol. The van der Waals surface area contributed by atoms with Crippen molar-refractivity contribution in [1.82, 2.24) is 9.19 Å². The Bertz CT molecular complexity index is 344. The fourth-order valence-electron chi connectivity index (χ4n) is 1.56. The standard InChI is InChI=1S/C8H13N3O2S/c9-7-5-11(14-4-3-12-13-14)10-8(7)6-1-2-6/h5-6,14H,1-4,9H2. The highest BCUT2D eigenvalue weighted by Crippen LogP contribution is 2.43. The largest absolute Gasteiger partial charge is 0.396 e. The molecule has 0 aromatic carbocycles. The third kappa shape index (κ3) is 1.39. The quantitative estimate of drug-likeness (QED) is 0.570. The number of nitrogens with two attached hydrogens (primary N) is 1. The van der Waals surface area contributed by atoms with Crippen LogP contribution in [0.15, 0.2) is 6.20 Å². The van der Waals surface area contributed by atoms with E-state index in [0.29, 0.717) is 12.5 Å². The summed E-state index contributed by atoms with van der Waals surface area (Å²) in [5.74, 6) is 1.50. The first-order valence-electron chi connectivity index (χ1n) is 4.77. The number of thiol groups is 1. The summed E-state index contributed by atoms with van der Waals surface area (Å²) in [6.07, 6.45) is 4.31. The van der Waals surface area contributed by atoms with Gasteiger partial charge < -0.3 is 5.73 Å². The molecule has 2 N–H and O–H groups in total. The first kappa shape index (κ1) is 8.58. The van der Waals surface area contributed by atoms with E-state index in [2.05, 4.69) is 5.10 Å². The van der Waals surface area contributed by atoms with Gasteiger partial charge in [-0.3, -0.25) is 0 Å². The molecule has 0 amide bonds. The van der Waals surface area contributed by atoms with Crippen molar-refractivity contribution in [2.24, 2.45) is 0 Å². The molecule has 1 unspecified atom stereocenters. The maximum Gasteiger partial charge on any atom is 0.0946 e. The molecule has 0 bridgehead atoms. The van der Waals surface area contributed by atoms with Gasteiger partial charge in [-0.1, -0.05) is 0 Å². The maximum atomic E-state index is 5.88. The van der Waals surface area contributed by atoms with Gasteiger partial charge in [-0.15, -0.1) is 0 Å². The molecule has 2 fully saturated rings. The third-order valence-corrected chi connectivity index (χ3v) is 3.96. The average Bonchev–Trinajstić information content (AvgIpc) is 2.75. The van der Waals surface area contributed by atoms with E-state index in [1.807, 2.05) is 10.3 Å². The second-order valence-corrected chi connectivity index (χ2v) is 5.35. The van der Waals surface area contributed by atoms with Crippen LogP contribution in [0.3, 0.4) is 0 Å². The summed E-state index contributed by atoms with van der Waals surface area (Å²) in [5, 5.41) is 4.47. The van der Waals surface area contributed by atoms with Crippen LogP contribution in [0, 0.1) is 0 Å². The highest BCUT2D eigenvalue weighted by atomic mass is 32.2. The lowest BCUT2D eigenvalue weighted by Gasteiger charge is -2.09. The Balaban J connectivity index is 1.87. The molecule has 1 atom stereocenters. The summed E-state index contributed by atoms with van der Waals surface area (Å²) < 4.78 is 6.96. The Labute approximate surface area is 84.8 Å². The second kappa shape index (κ2) is 3.15. The minimum Gasteiger partial charge on any atom is -0.396 e. The molecule has 5 nitrogen and oxygen atoms in total. The van der Waals surface area contributed by atoms with Crippen LogP contribution in [0.2, 0.25) is 0 Å². The highest BCUT2D eigenvalue weighted by molar-refractivity contribution is 8.11. The molecular weight excluding hydrogens is 202 g/mol. The van der Waals surface area contributed by atoms with Gasteiger partial charge in [-0.05, 0) is 24.2 Å². The van der Waals surface area contributed by atoms with Crippen molar-refractivity contribution < 1.29 is 9.22 Å². The smallest absolute Gasteiger partial charge is 0.0946 e. The highest BCUT2D eigenvalue weighted by Gasteiger charge is 2.29. The van der Waals surface area contributed by atoms with E-state index in [1.165, 1.54) is 12.8 Å². The Morgan fingerprint density at radius 2 is 2.43 bits per heavy atom. The van der Waals surface area contributed by atoms with Gasteiger partial charge in [0.1, 0.15) is 0 Å². The van der Waals surface area contributed by atoms with Gasteiger partial charge in [0.15, 0.2) is 0 Å². The molecule has 0 radical (unpaired) electrons. The van der Waals surface area contributed by atoms with Crippen molar-refractivity contribution in [3.63, 3.8) is 0 Å². The van der Waals surface area contributed by atoms with Crippen molar-refractivity contribution in [1.29, 1.82) is 0 Å². The molecule has 2 heterocycles. The normalized spacial score (nSPS) is 29.6. The molecule has 1 aliphatic heterocycles. The molecule has 2 aliphatic rings. The van der Waals surface area contributed by atoms with Crippen molar-refractivity contribution in [3.05, 3.63) is 11.9 Å². The van der Waals surface area contributed by atoms with E-state index in [1.54, 1.807) is 0 Å². The lowest BCUT2D eigenvalue weighted by molar-refractivity contribution is -0.171. The Morgan fingerprint density at radius 3 is 3.07 bits per heavy atom. The van der Waals surface area contributed by atoms with E-state index >= 15 is 0 Å². The second-order valence-electron chi connectivity index (χ2n) is 3.64. The number of aromatic nitrogens is 2. The molecule has 1 saturated carbocycles. The molecule has 6 heteroatoms. The fraction of sp³-hybridized carbons (Fsp3) is 0.625. The van der Waals surface area contributed by atoms with Gasteiger partial charge in [0.05, 0.1) is 24.2 Å². The summed E-state index contributed by atoms with van der Waals surface area (Å²) >= 11 is -0.729. The molecule has 78 valence electrons. The maximum absolute atomic E-state index is 5.88. The van der Waals surface area contributed by atoms with Crippen molar-refractivity contribution in [2.45, 2.75) is 18.8 Å². The molecular formula is C8H13N3O2S. The van der Waals surface area contributed by atoms with Crippen LogP contribution >= 0.6 is 11.4 Å². The van der Waals surface area contributed by atoms with Gasteiger partial charge >= 0.3 is 0 Å². The van der Waals surface area contributed by atoms with Crippen LogP contribution < -0.4 is 5.73 Å². The fourth-order valence-corrected chi connectivity index (χ4v) is 2.79. The first-order chi connectivity index (χ1) is 6.84. The number of rotatable bonds is 2. The van der Waals surface area contributed by atoms with Crippen LogP contribution in [0.5, 0.6) is 0 Å². The Morgan fingerprint density at radius 1 is 1.57 bits per heavy atom. The van der Waals surface area contributed by atoms with Crippen molar-refractivity contribution in [2.75, 3.05) is 18.1 Å². The molecule has 14 heavy (non-hydrogen) atoms. The Hall–Kier alpha value is -0.720. The summed E-state index contributed by atoms with van der Waals surface area (Å²) in [5.41, 5.74) is 7.72. The average molecular weight is 215 g/mol. The SMILES string of the molecule is Nc1cn([SH]2CCOO2)nc1C1CC1. The lowest BCUT2D eigenvalue weighted by atomic mass is 10.3. The molecule has 1 aliphatic carbocycles. The van der Waals surface area contributed by atoms with Gasteiger partial charge in [-0.25, -0.2) is 8.97 Å². The van der Waals surface area contributed by atoms with E-state index in [0.717, 1.165) is 17.1 Å². The zero-order valence-electron chi connectivity index (χ0n) is 7.72. The number of nitrogen functional groups attached to an aromatic ring is 1. The molecule has 0 spiro atoms. The third-order valence-electron chi connectivity index (χ3n) is 2.46. The zero-order valence-corrected chi connectivity index (χ0v) is 8.61. The van der Waals surface area contributed by atoms with Gasteiger partial charge in [0.2, 0.25) is 0 Å². The van der Waals surface area contributed by atoms with E-state index in [-0.39, 0.29) is 0 Å². The summed E-state index contributed by atoms with van der Waals surface area (Å²) in [4.78, 5) is 4.86. The van der Waals surface area contributed by atoms with E-state index in [9.17, 15) is 0 Å².